The highest BCUT2D eigenvalue weighted by Crippen LogP contribution is 2.39. The van der Waals surface area contributed by atoms with Crippen LogP contribution in [0.1, 0.15) is 45.0 Å². The molecule has 0 fully saturated rings. The molecule has 0 aliphatic carbocycles. The monoisotopic (exact) mass is 463 g/mol. The molecule has 0 aromatic heterocycles. The second kappa shape index (κ2) is 8.08. The van der Waals surface area contributed by atoms with Crippen LogP contribution in [0.4, 0.5) is 0 Å². The molecule has 0 aliphatic rings. The second-order valence-corrected chi connectivity index (χ2v) is 13.1. The number of rotatable bonds is 6. The smallest absolute Gasteiger partial charge is 0.255 e. The first-order valence-electron chi connectivity index (χ1n) is 8.34. The first kappa shape index (κ1) is 21.3. The molecular weight excluding hydrogens is 433 g/mol. The van der Waals surface area contributed by atoms with Gasteiger partial charge in [0, 0.05) is 19.2 Å². The normalized spacial score (nSPS) is 12.0. The molecule has 6 heteroatoms. The lowest BCUT2D eigenvalue weighted by Crippen LogP contribution is -2.44. The van der Waals surface area contributed by atoms with Crippen LogP contribution in [0.3, 0.4) is 0 Å². The van der Waals surface area contributed by atoms with Crippen molar-refractivity contribution in [1.82, 2.24) is 4.90 Å². The fraction of sp³-hybridized carbons (Fsp3) is 0.611. The predicted octanol–water partition coefficient (Wildman–Crippen LogP) is 5.17. The highest BCUT2D eigenvalue weighted by molar-refractivity contribution is 14.1. The van der Waals surface area contributed by atoms with Gasteiger partial charge in [-0.25, -0.2) is 0 Å². The number of hydrogen-bond acceptors (Lipinski definition) is 3. The third-order valence-corrected chi connectivity index (χ3v) is 10.2. The number of halogens is 1. The number of methoxy groups -OCH3 is 1. The van der Waals surface area contributed by atoms with Crippen molar-refractivity contribution in [1.29, 1.82) is 0 Å². The van der Waals surface area contributed by atoms with E-state index in [0.29, 0.717) is 24.4 Å². The summed E-state index contributed by atoms with van der Waals surface area (Å²) in [4.78, 5) is 14.6. The molecule has 4 nitrogen and oxygen atoms in total. The van der Waals surface area contributed by atoms with Crippen molar-refractivity contribution in [3.8, 4) is 11.5 Å². The molecule has 0 spiro atoms. The number of carbonyl (C=O) groups excluding carboxylic acids is 1. The molecule has 0 aliphatic heterocycles. The summed E-state index contributed by atoms with van der Waals surface area (Å²) in [5, 5.41) is 0.0896. The molecular formula is C18H30INO3Si. The van der Waals surface area contributed by atoms with Crippen molar-refractivity contribution >= 4 is 36.8 Å². The van der Waals surface area contributed by atoms with Gasteiger partial charge in [0.1, 0.15) is 11.5 Å². The lowest BCUT2D eigenvalue weighted by Gasteiger charge is -2.36. The van der Waals surface area contributed by atoms with Gasteiger partial charge in [0.05, 0.1) is 16.2 Å². The average molecular weight is 463 g/mol. The number of amides is 1. The zero-order valence-corrected chi connectivity index (χ0v) is 19.3. The molecule has 24 heavy (non-hydrogen) atoms. The van der Waals surface area contributed by atoms with E-state index in [1.54, 1.807) is 7.11 Å². The summed E-state index contributed by atoms with van der Waals surface area (Å²) in [7, 11) is -0.359. The number of hydrogen-bond donors (Lipinski definition) is 0. The third-order valence-electron chi connectivity index (χ3n) is 4.69. The Bertz CT molecular complexity index is 593. The Morgan fingerprint density at radius 1 is 1.21 bits per heavy atom. The van der Waals surface area contributed by atoms with E-state index in [2.05, 4.69) is 56.5 Å². The van der Waals surface area contributed by atoms with E-state index in [1.807, 2.05) is 30.9 Å². The quantitative estimate of drug-likeness (QED) is 0.432. The lowest BCUT2D eigenvalue weighted by atomic mass is 10.1. The van der Waals surface area contributed by atoms with Crippen LogP contribution in [-0.4, -0.2) is 39.3 Å². The fourth-order valence-electron chi connectivity index (χ4n) is 2.06. The van der Waals surface area contributed by atoms with Gasteiger partial charge in [-0.3, -0.25) is 4.79 Å². The topological polar surface area (TPSA) is 38.8 Å². The van der Waals surface area contributed by atoms with Crippen LogP contribution in [0.25, 0.3) is 0 Å². The summed E-state index contributed by atoms with van der Waals surface area (Å²) in [6.07, 6.45) is 0. The van der Waals surface area contributed by atoms with E-state index in [-0.39, 0.29) is 10.9 Å². The molecule has 0 unspecified atom stereocenters. The van der Waals surface area contributed by atoms with E-state index in [9.17, 15) is 4.79 Å². The molecule has 0 N–H and O–H groups in total. The number of nitrogens with zero attached hydrogens (tertiary/aromatic N) is 1. The molecule has 0 bridgehead atoms. The van der Waals surface area contributed by atoms with E-state index in [0.717, 1.165) is 9.32 Å². The van der Waals surface area contributed by atoms with E-state index < -0.39 is 8.32 Å². The van der Waals surface area contributed by atoms with Crippen LogP contribution >= 0.6 is 22.6 Å². The molecule has 1 aromatic carbocycles. The van der Waals surface area contributed by atoms with Crippen molar-refractivity contribution in [3.05, 3.63) is 21.3 Å². The second-order valence-electron chi connectivity index (χ2n) is 7.33. The molecule has 0 heterocycles. The fourth-order valence-corrected chi connectivity index (χ4v) is 3.84. The van der Waals surface area contributed by atoms with Crippen molar-refractivity contribution in [2.75, 3.05) is 20.2 Å². The zero-order valence-electron chi connectivity index (χ0n) is 16.1. The first-order chi connectivity index (χ1) is 11.0. The maximum absolute atomic E-state index is 12.8. The van der Waals surface area contributed by atoms with Gasteiger partial charge in [-0.05, 0) is 60.6 Å². The summed E-state index contributed by atoms with van der Waals surface area (Å²) >= 11 is 2.18. The van der Waals surface area contributed by atoms with Crippen LogP contribution in [0, 0.1) is 3.57 Å². The Kier molecular flexibility index (Phi) is 7.16. The minimum atomic E-state index is -1.98. The number of ether oxygens (including phenoxy) is 1. The van der Waals surface area contributed by atoms with Gasteiger partial charge in [0.2, 0.25) is 8.32 Å². The molecule has 0 saturated heterocycles. The molecule has 136 valence electrons. The van der Waals surface area contributed by atoms with Crippen LogP contribution < -0.4 is 9.16 Å². The highest BCUT2D eigenvalue weighted by Gasteiger charge is 2.39. The van der Waals surface area contributed by atoms with Crippen LogP contribution in [0.2, 0.25) is 18.1 Å². The summed E-state index contributed by atoms with van der Waals surface area (Å²) in [6.45, 7) is 16.3. The molecule has 0 saturated carbocycles. The SMILES string of the molecule is CCN(CC)C(=O)c1cc(O[Si](C)(C)C(C)(C)C)cc(OC)c1I. The van der Waals surface area contributed by atoms with Gasteiger partial charge in [-0.2, -0.15) is 0 Å². The van der Waals surface area contributed by atoms with Gasteiger partial charge in [0.25, 0.3) is 5.91 Å². The summed E-state index contributed by atoms with van der Waals surface area (Å²) in [5.74, 6) is 1.42. The van der Waals surface area contributed by atoms with Gasteiger partial charge in [0.15, 0.2) is 0 Å². The van der Waals surface area contributed by atoms with Crippen LogP contribution in [0.5, 0.6) is 11.5 Å². The third kappa shape index (κ3) is 4.65. The van der Waals surface area contributed by atoms with E-state index in [1.165, 1.54) is 0 Å². The van der Waals surface area contributed by atoms with Gasteiger partial charge in [-0.15, -0.1) is 0 Å². The van der Waals surface area contributed by atoms with E-state index in [4.69, 9.17) is 9.16 Å². The minimum absolute atomic E-state index is 0.0170. The molecule has 1 aromatic rings. The number of carbonyl (C=O) groups is 1. The van der Waals surface area contributed by atoms with Gasteiger partial charge < -0.3 is 14.1 Å². The predicted molar refractivity (Wildman–Crippen MR) is 111 cm³/mol. The molecule has 1 amide bonds. The number of benzene rings is 1. The van der Waals surface area contributed by atoms with Crippen LogP contribution in [0.15, 0.2) is 12.1 Å². The summed E-state index contributed by atoms with van der Waals surface area (Å²) in [5.41, 5.74) is 0.646. The van der Waals surface area contributed by atoms with E-state index >= 15 is 0 Å². The zero-order chi connectivity index (χ0) is 18.7. The first-order valence-corrected chi connectivity index (χ1v) is 12.3. The minimum Gasteiger partial charge on any atom is -0.543 e. The maximum atomic E-state index is 12.8. The van der Waals surface area contributed by atoms with Gasteiger partial charge in [-0.1, -0.05) is 20.8 Å². The Morgan fingerprint density at radius 2 is 1.75 bits per heavy atom. The van der Waals surface area contributed by atoms with Crippen molar-refractivity contribution < 1.29 is 14.0 Å². The van der Waals surface area contributed by atoms with Crippen molar-refractivity contribution in [2.45, 2.75) is 52.8 Å². The van der Waals surface area contributed by atoms with Gasteiger partial charge >= 0.3 is 0 Å². The van der Waals surface area contributed by atoms with Crippen molar-refractivity contribution in [3.63, 3.8) is 0 Å². The Balaban J connectivity index is 3.35. The molecule has 0 radical (unpaired) electrons. The Labute approximate surface area is 161 Å². The maximum Gasteiger partial charge on any atom is 0.255 e. The molecule has 1 rings (SSSR count). The lowest BCUT2D eigenvalue weighted by molar-refractivity contribution is 0.0771. The average Bonchev–Trinajstić information content (AvgIpc) is 2.48. The summed E-state index contributed by atoms with van der Waals surface area (Å²) < 4.78 is 12.7. The largest absolute Gasteiger partial charge is 0.543 e. The van der Waals surface area contributed by atoms with Crippen molar-refractivity contribution in [2.24, 2.45) is 0 Å². The summed E-state index contributed by atoms with van der Waals surface area (Å²) in [6, 6.07) is 3.76. The van der Waals surface area contributed by atoms with Crippen LogP contribution in [-0.2, 0) is 0 Å². The highest BCUT2D eigenvalue weighted by atomic mass is 127. The standard InChI is InChI=1S/C18H30INO3Si/c1-9-20(10-2)17(21)14-11-13(12-15(22-6)16(14)19)23-24(7,8)18(3,4)5/h11-12H,9-10H2,1-8H3. The Morgan fingerprint density at radius 3 is 2.17 bits per heavy atom. The Hall–Kier alpha value is -0.763. The molecule has 0 atom stereocenters.